The van der Waals surface area contributed by atoms with Crippen molar-refractivity contribution in [3.05, 3.63) is 40.5 Å². The van der Waals surface area contributed by atoms with Crippen LogP contribution in [0.5, 0.6) is 0 Å². The zero-order valence-electron chi connectivity index (χ0n) is 11.5. The Balaban J connectivity index is 2.25. The van der Waals surface area contributed by atoms with Crippen molar-refractivity contribution in [3.63, 3.8) is 0 Å². The first-order valence-corrected chi connectivity index (χ1v) is 7.14. The van der Waals surface area contributed by atoms with E-state index in [1.807, 2.05) is 24.4 Å². The van der Waals surface area contributed by atoms with Crippen molar-refractivity contribution in [2.24, 2.45) is 0 Å². The lowest BCUT2D eigenvalue weighted by Gasteiger charge is -2.04. The van der Waals surface area contributed by atoms with Crippen LogP contribution in [0.4, 0.5) is 0 Å². The number of fused-ring (bicyclic) bond motifs is 1. The van der Waals surface area contributed by atoms with Crippen molar-refractivity contribution >= 4 is 22.5 Å². The Morgan fingerprint density at radius 1 is 1.26 bits per heavy atom. The molecule has 98 valence electrons. The molecule has 1 aromatic carbocycles. The summed E-state index contributed by atoms with van der Waals surface area (Å²) in [6.07, 6.45) is 6.48. The minimum Gasteiger partial charge on any atom is -0.255 e. The topological polar surface area (TPSA) is 12.9 Å². The molecule has 0 saturated heterocycles. The molecule has 0 radical (unpaired) electrons. The highest BCUT2D eigenvalue weighted by Crippen LogP contribution is 2.22. The lowest BCUT2D eigenvalue weighted by atomic mass is 10.1. The highest BCUT2D eigenvalue weighted by atomic mass is 35.5. The lowest BCUT2D eigenvalue weighted by Crippen LogP contribution is -1.88. The number of halogens is 1. The summed E-state index contributed by atoms with van der Waals surface area (Å²) in [4.78, 5) is 4.43. The van der Waals surface area contributed by atoms with Crippen molar-refractivity contribution < 1.29 is 0 Å². The van der Waals surface area contributed by atoms with Crippen LogP contribution in [0.15, 0.2) is 24.4 Å². The van der Waals surface area contributed by atoms with Gasteiger partial charge in [0.1, 0.15) is 0 Å². The van der Waals surface area contributed by atoms with Gasteiger partial charge >= 0.3 is 0 Å². The maximum absolute atomic E-state index is 5.97. The summed E-state index contributed by atoms with van der Waals surface area (Å²) in [5.74, 6) is 6.47. The molecule has 2 aromatic rings. The Labute approximate surface area is 120 Å². The number of unbranched alkanes of at least 4 members (excludes halogenated alkanes) is 3. The Bertz CT molecular complexity index is 635. The van der Waals surface area contributed by atoms with Gasteiger partial charge < -0.3 is 0 Å². The van der Waals surface area contributed by atoms with E-state index in [1.54, 1.807) is 0 Å². The first kappa shape index (κ1) is 13.9. The zero-order chi connectivity index (χ0) is 13.7. The van der Waals surface area contributed by atoms with Gasteiger partial charge in [-0.25, -0.2) is 0 Å². The van der Waals surface area contributed by atoms with Crippen LogP contribution in [0, 0.1) is 18.8 Å². The Hall–Kier alpha value is -1.52. The van der Waals surface area contributed by atoms with Gasteiger partial charge in [0.2, 0.25) is 0 Å². The van der Waals surface area contributed by atoms with E-state index in [0.717, 1.165) is 27.9 Å². The molecule has 0 saturated carbocycles. The van der Waals surface area contributed by atoms with E-state index in [4.69, 9.17) is 11.6 Å². The van der Waals surface area contributed by atoms with Crippen LogP contribution in [0.1, 0.15) is 43.7 Å². The van der Waals surface area contributed by atoms with E-state index in [2.05, 4.69) is 30.7 Å². The van der Waals surface area contributed by atoms with Gasteiger partial charge in [0.25, 0.3) is 0 Å². The SMILES string of the molecule is CCCCCC#Cc1cnc2cc(Cl)ccc2c1C. The molecule has 0 aliphatic rings. The van der Waals surface area contributed by atoms with Gasteiger partial charge in [-0.2, -0.15) is 0 Å². The zero-order valence-corrected chi connectivity index (χ0v) is 12.2. The van der Waals surface area contributed by atoms with Crippen molar-refractivity contribution in [2.45, 2.75) is 39.5 Å². The van der Waals surface area contributed by atoms with Gasteiger partial charge in [0.15, 0.2) is 0 Å². The van der Waals surface area contributed by atoms with Crippen molar-refractivity contribution in [2.75, 3.05) is 0 Å². The molecule has 0 bridgehead atoms. The number of rotatable bonds is 3. The fraction of sp³-hybridized carbons (Fsp3) is 0.353. The molecule has 19 heavy (non-hydrogen) atoms. The summed E-state index contributed by atoms with van der Waals surface area (Å²) in [7, 11) is 0. The predicted molar refractivity (Wildman–Crippen MR) is 82.5 cm³/mol. The minimum absolute atomic E-state index is 0.720. The fourth-order valence-corrected chi connectivity index (χ4v) is 2.22. The summed E-state index contributed by atoms with van der Waals surface area (Å²) in [5, 5.41) is 1.85. The van der Waals surface area contributed by atoms with Gasteiger partial charge in [-0.15, -0.1) is 0 Å². The normalized spacial score (nSPS) is 10.3. The minimum atomic E-state index is 0.720. The molecule has 0 fully saturated rings. The molecule has 2 heteroatoms. The van der Waals surface area contributed by atoms with E-state index in [9.17, 15) is 0 Å². The van der Waals surface area contributed by atoms with E-state index < -0.39 is 0 Å². The Morgan fingerprint density at radius 2 is 2.11 bits per heavy atom. The number of aryl methyl sites for hydroxylation is 1. The number of hydrogen-bond donors (Lipinski definition) is 0. The standard InChI is InChI=1S/C17H18ClN/c1-3-4-5-6-7-8-14-12-19-17-11-15(18)9-10-16(17)13(14)2/h9-12H,3-6H2,1-2H3. The van der Waals surface area contributed by atoms with Gasteiger partial charge in [0.05, 0.1) is 5.52 Å². The second-order valence-electron chi connectivity index (χ2n) is 4.72. The van der Waals surface area contributed by atoms with Gasteiger partial charge in [-0.1, -0.05) is 49.3 Å². The van der Waals surface area contributed by atoms with E-state index in [1.165, 1.54) is 24.8 Å². The van der Waals surface area contributed by atoms with Crippen LogP contribution in [0.3, 0.4) is 0 Å². The van der Waals surface area contributed by atoms with Crippen LogP contribution in [-0.2, 0) is 0 Å². The molecule has 1 nitrogen and oxygen atoms in total. The third kappa shape index (κ3) is 3.49. The number of aromatic nitrogens is 1. The van der Waals surface area contributed by atoms with Crippen LogP contribution in [0.2, 0.25) is 5.02 Å². The average Bonchev–Trinajstić information content (AvgIpc) is 2.41. The maximum Gasteiger partial charge on any atom is 0.0720 e. The van der Waals surface area contributed by atoms with E-state index >= 15 is 0 Å². The largest absolute Gasteiger partial charge is 0.255 e. The highest BCUT2D eigenvalue weighted by molar-refractivity contribution is 6.31. The summed E-state index contributed by atoms with van der Waals surface area (Å²) in [6.45, 7) is 4.30. The third-order valence-electron chi connectivity index (χ3n) is 3.23. The van der Waals surface area contributed by atoms with Gasteiger partial charge in [0, 0.05) is 28.6 Å². The molecule has 0 aliphatic carbocycles. The number of nitrogens with zero attached hydrogens (tertiary/aromatic N) is 1. The second-order valence-corrected chi connectivity index (χ2v) is 5.15. The van der Waals surface area contributed by atoms with Crippen LogP contribution in [0.25, 0.3) is 10.9 Å². The molecule has 0 unspecified atom stereocenters. The maximum atomic E-state index is 5.97. The Kier molecular flexibility index (Phi) is 4.82. The lowest BCUT2D eigenvalue weighted by molar-refractivity contribution is 0.737. The molecule has 0 aliphatic heterocycles. The monoisotopic (exact) mass is 271 g/mol. The van der Waals surface area contributed by atoms with E-state index in [0.29, 0.717) is 0 Å². The first-order valence-electron chi connectivity index (χ1n) is 6.76. The first-order chi connectivity index (χ1) is 9.22. The number of benzene rings is 1. The van der Waals surface area contributed by atoms with Crippen LogP contribution in [-0.4, -0.2) is 4.98 Å². The summed E-state index contributed by atoms with van der Waals surface area (Å²) in [5.41, 5.74) is 3.14. The summed E-state index contributed by atoms with van der Waals surface area (Å²) < 4.78 is 0. The third-order valence-corrected chi connectivity index (χ3v) is 3.46. The highest BCUT2D eigenvalue weighted by Gasteiger charge is 2.03. The van der Waals surface area contributed by atoms with Crippen LogP contribution >= 0.6 is 11.6 Å². The van der Waals surface area contributed by atoms with Crippen molar-refractivity contribution in [3.8, 4) is 11.8 Å². The molecule has 0 amide bonds. The molecular weight excluding hydrogens is 254 g/mol. The fourth-order valence-electron chi connectivity index (χ4n) is 2.05. The molecule has 0 atom stereocenters. The predicted octanol–water partition coefficient (Wildman–Crippen LogP) is 5.13. The smallest absolute Gasteiger partial charge is 0.0720 e. The molecular formula is C17H18ClN. The summed E-state index contributed by atoms with van der Waals surface area (Å²) in [6, 6.07) is 5.81. The molecule has 1 aromatic heterocycles. The Morgan fingerprint density at radius 3 is 2.89 bits per heavy atom. The van der Waals surface area contributed by atoms with Crippen LogP contribution < -0.4 is 0 Å². The van der Waals surface area contributed by atoms with Gasteiger partial charge in [-0.3, -0.25) is 4.98 Å². The van der Waals surface area contributed by atoms with Gasteiger partial charge in [-0.05, 0) is 31.0 Å². The quantitative estimate of drug-likeness (QED) is 0.557. The number of pyridine rings is 1. The molecule has 0 N–H and O–H groups in total. The van der Waals surface area contributed by atoms with E-state index in [-0.39, 0.29) is 0 Å². The van der Waals surface area contributed by atoms with Crippen molar-refractivity contribution in [1.82, 2.24) is 4.98 Å². The second kappa shape index (κ2) is 6.59. The average molecular weight is 272 g/mol. The van der Waals surface area contributed by atoms with Crippen molar-refractivity contribution in [1.29, 1.82) is 0 Å². The summed E-state index contributed by atoms with van der Waals surface area (Å²) >= 11 is 5.97. The molecule has 1 heterocycles. The number of hydrogen-bond acceptors (Lipinski definition) is 1. The molecule has 2 rings (SSSR count). The molecule has 0 spiro atoms.